The predicted molar refractivity (Wildman–Crippen MR) is 108 cm³/mol. The van der Waals surface area contributed by atoms with Gasteiger partial charge in [0.2, 0.25) is 0 Å². The van der Waals surface area contributed by atoms with Crippen molar-refractivity contribution in [2.75, 3.05) is 19.5 Å². The van der Waals surface area contributed by atoms with Gasteiger partial charge < -0.3 is 14.8 Å². The smallest absolute Gasteiger partial charge is 0.278 e. The van der Waals surface area contributed by atoms with E-state index in [0.717, 1.165) is 5.69 Å². The summed E-state index contributed by atoms with van der Waals surface area (Å²) in [6.07, 6.45) is 0. The van der Waals surface area contributed by atoms with E-state index < -0.39 is 0 Å². The molecule has 3 aromatic rings. The highest BCUT2D eigenvalue weighted by Gasteiger charge is 2.24. The normalized spacial score (nSPS) is 10.8. The zero-order chi connectivity index (χ0) is 20.3. The molecule has 146 valence electrons. The quantitative estimate of drug-likeness (QED) is 0.666. The number of carbonyl (C=O) groups excluding carboxylic acids is 1. The molecule has 3 rings (SSSR count). The number of anilines is 1. The Labute approximate surface area is 168 Å². The lowest BCUT2D eigenvalue weighted by atomic mass is 10.1. The first kappa shape index (κ1) is 19.7. The van der Waals surface area contributed by atoms with E-state index in [1.54, 1.807) is 42.1 Å². The summed E-state index contributed by atoms with van der Waals surface area (Å²) in [5, 5.41) is 11.8. The lowest BCUT2D eigenvalue weighted by Crippen LogP contribution is -2.17. The number of methoxy groups -OCH3 is 2. The largest absolute Gasteiger partial charge is 0.497 e. The molecule has 7 nitrogen and oxygen atoms in total. The summed E-state index contributed by atoms with van der Waals surface area (Å²) in [5.74, 6) is 0.754. The molecule has 1 N–H and O–H groups in total. The van der Waals surface area contributed by atoms with Gasteiger partial charge in [0.15, 0.2) is 5.69 Å². The number of nitrogens with one attached hydrogen (secondary N) is 1. The maximum atomic E-state index is 13.0. The number of nitrogens with zero attached hydrogens (tertiary/aromatic N) is 3. The van der Waals surface area contributed by atoms with Crippen molar-refractivity contribution < 1.29 is 14.3 Å². The number of amides is 1. The van der Waals surface area contributed by atoms with Gasteiger partial charge in [-0.05, 0) is 42.3 Å². The number of hydrogen-bond donors (Lipinski definition) is 1. The Morgan fingerprint density at radius 3 is 2.43 bits per heavy atom. The van der Waals surface area contributed by atoms with Gasteiger partial charge in [0.1, 0.15) is 11.5 Å². The van der Waals surface area contributed by atoms with E-state index >= 15 is 0 Å². The van der Waals surface area contributed by atoms with Gasteiger partial charge in [0.05, 0.1) is 31.3 Å². The molecule has 0 saturated carbocycles. The third-order valence-electron chi connectivity index (χ3n) is 4.19. The second-order valence-corrected chi connectivity index (χ2v) is 6.82. The van der Waals surface area contributed by atoms with Gasteiger partial charge in [0.25, 0.3) is 5.91 Å². The van der Waals surface area contributed by atoms with Crippen LogP contribution < -0.4 is 14.8 Å². The molecule has 1 aromatic heterocycles. The highest BCUT2D eigenvalue weighted by molar-refractivity contribution is 6.30. The Bertz CT molecular complexity index is 984. The fourth-order valence-electron chi connectivity index (χ4n) is 2.84. The van der Waals surface area contributed by atoms with Crippen LogP contribution in [0.3, 0.4) is 0 Å². The van der Waals surface area contributed by atoms with Crippen molar-refractivity contribution in [1.29, 1.82) is 0 Å². The summed E-state index contributed by atoms with van der Waals surface area (Å²) < 4.78 is 12.2. The predicted octanol–water partition coefficient (Wildman–Crippen LogP) is 4.31. The minimum atomic E-state index is -0.379. The highest BCUT2D eigenvalue weighted by Crippen LogP contribution is 2.30. The van der Waals surface area contributed by atoms with Crippen molar-refractivity contribution in [2.45, 2.75) is 19.8 Å². The van der Waals surface area contributed by atoms with Gasteiger partial charge in [-0.3, -0.25) is 4.79 Å². The highest BCUT2D eigenvalue weighted by atomic mass is 35.5. The molecule has 0 saturated heterocycles. The molecule has 0 unspecified atom stereocenters. The van der Waals surface area contributed by atoms with E-state index in [0.29, 0.717) is 27.9 Å². The van der Waals surface area contributed by atoms with Crippen LogP contribution in [0.1, 0.15) is 35.9 Å². The monoisotopic (exact) mass is 400 g/mol. The molecule has 0 aliphatic rings. The van der Waals surface area contributed by atoms with Crippen molar-refractivity contribution in [3.05, 3.63) is 58.9 Å². The molecule has 2 aromatic carbocycles. The maximum absolute atomic E-state index is 13.0. The standard InChI is InChI=1S/C20H21ClN4O3/c1-12(2)19-18(23-24-25(19)14-7-5-13(21)6-8-14)20(26)22-16-11-15(27-3)9-10-17(16)28-4/h5-12H,1-4H3,(H,22,26). The van der Waals surface area contributed by atoms with Gasteiger partial charge in [-0.15, -0.1) is 5.10 Å². The Hall–Kier alpha value is -3.06. The SMILES string of the molecule is COc1ccc(OC)c(NC(=O)c2nnn(-c3ccc(Cl)cc3)c2C(C)C)c1. The van der Waals surface area contributed by atoms with Gasteiger partial charge in [-0.1, -0.05) is 30.7 Å². The van der Waals surface area contributed by atoms with Crippen molar-refractivity contribution >= 4 is 23.2 Å². The first-order valence-corrected chi connectivity index (χ1v) is 9.07. The maximum Gasteiger partial charge on any atom is 0.278 e. The second kappa shape index (κ2) is 8.31. The van der Waals surface area contributed by atoms with Crippen molar-refractivity contribution in [3.63, 3.8) is 0 Å². The Balaban J connectivity index is 1.98. The summed E-state index contributed by atoms with van der Waals surface area (Å²) in [5.41, 5.74) is 2.21. The fraction of sp³-hybridized carbons (Fsp3) is 0.250. The summed E-state index contributed by atoms with van der Waals surface area (Å²) in [7, 11) is 3.09. The van der Waals surface area contributed by atoms with E-state index in [2.05, 4.69) is 15.6 Å². The van der Waals surface area contributed by atoms with E-state index in [1.165, 1.54) is 7.11 Å². The average molecular weight is 401 g/mol. The number of halogens is 1. The van der Waals surface area contributed by atoms with Crippen molar-refractivity contribution in [2.24, 2.45) is 0 Å². The van der Waals surface area contributed by atoms with Crippen molar-refractivity contribution in [3.8, 4) is 17.2 Å². The van der Waals surface area contributed by atoms with E-state index in [9.17, 15) is 4.79 Å². The van der Waals surface area contributed by atoms with Crippen LogP contribution in [0.4, 0.5) is 5.69 Å². The molecule has 0 fully saturated rings. The van der Waals surface area contributed by atoms with Crippen LogP contribution in [0.2, 0.25) is 5.02 Å². The topological polar surface area (TPSA) is 78.3 Å². The zero-order valence-corrected chi connectivity index (χ0v) is 16.8. The van der Waals surface area contributed by atoms with E-state index in [-0.39, 0.29) is 17.5 Å². The van der Waals surface area contributed by atoms with Crippen LogP contribution in [0.15, 0.2) is 42.5 Å². The molecule has 0 bridgehead atoms. The summed E-state index contributed by atoms with van der Waals surface area (Å²) in [6, 6.07) is 12.4. The van der Waals surface area contributed by atoms with Crippen LogP contribution in [0.25, 0.3) is 5.69 Å². The molecule has 8 heteroatoms. The van der Waals surface area contributed by atoms with Crippen LogP contribution in [0, 0.1) is 0 Å². The molecule has 28 heavy (non-hydrogen) atoms. The second-order valence-electron chi connectivity index (χ2n) is 6.39. The molecular weight excluding hydrogens is 380 g/mol. The molecule has 0 aliphatic carbocycles. The lowest BCUT2D eigenvalue weighted by Gasteiger charge is -2.13. The van der Waals surface area contributed by atoms with E-state index in [4.69, 9.17) is 21.1 Å². The molecular formula is C20H21ClN4O3. The molecule has 1 amide bonds. The Morgan fingerprint density at radius 2 is 1.82 bits per heavy atom. The summed E-state index contributed by atoms with van der Waals surface area (Å²) in [6.45, 7) is 3.96. The Morgan fingerprint density at radius 1 is 1.11 bits per heavy atom. The van der Waals surface area contributed by atoms with Crippen LogP contribution in [-0.4, -0.2) is 35.1 Å². The van der Waals surface area contributed by atoms with Gasteiger partial charge in [-0.2, -0.15) is 0 Å². The third-order valence-corrected chi connectivity index (χ3v) is 4.44. The summed E-state index contributed by atoms with van der Waals surface area (Å²) in [4.78, 5) is 13.0. The number of rotatable bonds is 6. The van der Waals surface area contributed by atoms with Gasteiger partial charge in [-0.25, -0.2) is 4.68 Å². The summed E-state index contributed by atoms with van der Waals surface area (Å²) >= 11 is 5.97. The molecule has 0 spiro atoms. The Kier molecular flexibility index (Phi) is 5.84. The lowest BCUT2D eigenvalue weighted by molar-refractivity contribution is 0.102. The van der Waals surface area contributed by atoms with Gasteiger partial charge >= 0.3 is 0 Å². The van der Waals surface area contributed by atoms with E-state index in [1.807, 2.05) is 26.0 Å². The number of benzene rings is 2. The number of hydrogen-bond acceptors (Lipinski definition) is 5. The average Bonchev–Trinajstić information content (AvgIpc) is 3.14. The minimum Gasteiger partial charge on any atom is -0.497 e. The van der Waals surface area contributed by atoms with Crippen LogP contribution >= 0.6 is 11.6 Å². The third kappa shape index (κ3) is 3.94. The minimum absolute atomic E-state index is 0.0126. The first-order chi connectivity index (χ1) is 13.4. The fourth-order valence-corrected chi connectivity index (χ4v) is 2.96. The molecule has 0 atom stereocenters. The molecule has 0 radical (unpaired) electrons. The van der Waals surface area contributed by atoms with Gasteiger partial charge in [0, 0.05) is 11.1 Å². The molecule has 0 aliphatic heterocycles. The number of carbonyl (C=O) groups is 1. The number of ether oxygens (including phenoxy) is 2. The molecule has 1 heterocycles. The first-order valence-electron chi connectivity index (χ1n) is 8.69. The zero-order valence-electron chi connectivity index (χ0n) is 16.1. The van der Waals surface area contributed by atoms with Crippen LogP contribution in [0.5, 0.6) is 11.5 Å². The van der Waals surface area contributed by atoms with Crippen molar-refractivity contribution in [1.82, 2.24) is 15.0 Å². The van der Waals surface area contributed by atoms with Crippen LogP contribution in [-0.2, 0) is 0 Å². The number of aromatic nitrogens is 3.